The van der Waals surface area contributed by atoms with Gasteiger partial charge in [-0.2, -0.15) is 10.2 Å². The summed E-state index contributed by atoms with van der Waals surface area (Å²) in [6.45, 7) is 0. The van der Waals surface area contributed by atoms with Gasteiger partial charge in [-0.05, 0) is 0 Å². The number of H-pyrrole nitrogens is 2. The molecule has 0 aromatic carbocycles. The fourth-order valence-corrected chi connectivity index (χ4v) is 1.45. The number of nitriles is 1. The van der Waals surface area contributed by atoms with Gasteiger partial charge in [-0.1, -0.05) is 0 Å². The van der Waals surface area contributed by atoms with E-state index in [0.29, 0.717) is 24.3 Å². The molecule has 0 saturated carbocycles. The first-order chi connectivity index (χ1) is 6.78. The number of aromatic nitrogens is 4. The quantitative estimate of drug-likeness (QED) is 0.363. The van der Waals surface area contributed by atoms with Gasteiger partial charge in [-0.25, -0.2) is 4.98 Å². The van der Waals surface area contributed by atoms with Crippen LogP contribution in [-0.2, 0) is 0 Å². The van der Waals surface area contributed by atoms with E-state index in [2.05, 4.69) is 19.9 Å². The van der Waals surface area contributed by atoms with Gasteiger partial charge in [0.05, 0.1) is 5.72 Å². The molecular weight excluding hydrogens is 183 g/mol. The monoisotopic (exact) mass is 186 g/mol. The molecule has 1 aliphatic rings. The van der Waals surface area contributed by atoms with E-state index in [0.717, 1.165) is 0 Å². The lowest BCUT2D eigenvalue weighted by Crippen LogP contribution is -2.36. The van der Waals surface area contributed by atoms with Gasteiger partial charge in [0.1, 0.15) is 0 Å². The number of nitrogens with one attached hydrogen (secondary N) is 2. The molecule has 0 radical (unpaired) electrons. The topological polar surface area (TPSA) is 101 Å². The Labute approximate surface area is 77.7 Å². The van der Waals surface area contributed by atoms with E-state index >= 15 is 0 Å². The number of imidazole rings is 1. The van der Waals surface area contributed by atoms with Crippen molar-refractivity contribution in [2.24, 2.45) is 0 Å². The normalized spacial score (nSPS) is 12.9. The first kappa shape index (κ1) is 7.14. The van der Waals surface area contributed by atoms with Crippen molar-refractivity contribution in [1.82, 2.24) is 19.9 Å². The standard InChI is InChI=1S/C6H3BN6O/c8-1-13-6-11-3-2(4(14)12-6)9-5(7-13)10-3/h7H,(H2,9,10,11,12,14). The summed E-state index contributed by atoms with van der Waals surface area (Å²) in [6.07, 6.45) is 1.92. The number of nitrogens with zero attached hydrogens (tertiary/aromatic N) is 4. The number of anilines is 1. The van der Waals surface area contributed by atoms with Crippen LogP contribution < -0.4 is 16.1 Å². The van der Waals surface area contributed by atoms with Crippen LogP contribution in [0.5, 0.6) is 0 Å². The summed E-state index contributed by atoms with van der Waals surface area (Å²) in [5.74, 6) is 0.247. The molecule has 0 amide bonds. The highest BCUT2D eigenvalue weighted by atomic mass is 16.1. The van der Waals surface area contributed by atoms with Crippen molar-refractivity contribution < 1.29 is 0 Å². The molecule has 3 heterocycles. The number of hydrogen-bond donors (Lipinski definition) is 2. The zero-order chi connectivity index (χ0) is 9.71. The molecule has 0 fully saturated rings. The fraction of sp³-hybridized carbons (Fsp3) is 0. The van der Waals surface area contributed by atoms with Crippen LogP contribution in [0.1, 0.15) is 0 Å². The maximum Gasteiger partial charge on any atom is 0.334 e. The smallest absolute Gasteiger partial charge is 0.334 e. The van der Waals surface area contributed by atoms with Gasteiger partial charge in [-0.15, -0.1) is 0 Å². The zero-order valence-corrected chi connectivity index (χ0v) is 6.90. The first-order valence-corrected chi connectivity index (χ1v) is 3.94. The predicted molar refractivity (Wildman–Crippen MR) is 49.4 cm³/mol. The van der Waals surface area contributed by atoms with Crippen molar-refractivity contribution in [3.63, 3.8) is 0 Å². The molecule has 66 valence electrons. The predicted octanol–water partition coefficient (Wildman–Crippen LogP) is -2.08. The van der Waals surface area contributed by atoms with Crippen molar-refractivity contribution in [3.8, 4) is 6.19 Å². The summed E-state index contributed by atoms with van der Waals surface area (Å²) in [5.41, 5.74) is 0.992. The summed E-state index contributed by atoms with van der Waals surface area (Å²) in [4.78, 5) is 26.1. The van der Waals surface area contributed by atoms with Crippen LogP contribution in [0.4, 0.5) is 5.95 Å². The maximum absolute atomic E-state index is 11.4. The fourth-order valence-electron chi connectivity index (χ4n) is 1.45. The number of rotatable bonds is 0. The summed E-state index contributed by atoms with van der Waals surface area (Å²) in [7, 11) is 0.308. The van der Waals surface area contributed by atoms with Crippen LogP contribution in [0.2, 0.25) is 0 Å². The van der Waals surface area contributed by atoms with Gasteiger partial charge in [0.15, 0.2) is 17.4 Å². The molecule has 8 heteroatoms. The second-order valence-electron chi connectivity index (χ2n) is 2.96. The molecule has 2 N–H and O–H groups in total. The minimum atomic E-state index is -0.302. The lowest BCUT2D eigenvalue weighted by atomic mass is 9.91. The highest BCUT2D eigenvalue weighted by molar-refractivity contribution is 6.57. The Morgan fingerprint density at radius 3 is 3.07 bits per heavy atom. The molecule has 0 unspecified atom stereocenters. The van der Waals surface area contributed by atoms with Crippen LogP contribution in [0.3, 0.4) is 0 Å². The van der Waals surface area contributed by atoms with E-state index in [9.17, 15) is 4.79 Å². The second kappa shape index (κ2) is 2.14. The van der Waals surface area contributed by atoms with Gasteiger partial charge >= 0.3 is 7.41 Å². The molecule has 7 nitrogen and oxygen atoms in total. The van der Waals surface area contributed by atoms with E-state index in [1.807, 2.05) is 6.19 Å². The molecular formula is C6H3BN6O. The molecule has 1 aliphatic heterocycles. The SMILES string of the molecule is N#CN1Bc2nc3nc1[nH]c(=O)c3[nH]2. The molecule has 0 aliphatic carbocycles. The van der Waals surface area contributed by atoms with Crippen molar-refractivity contribution >= 4 is 30.3 Å². The number of fused-ring (bicyclic) bond motifs is 2. The van der Waals surface area contributed by atoms with Crippen molar-refractivity contribution in [1.29, 1.82) is 5.26 Å². The summed E-state index contributed by atoms with van der Waals surface area (Å²) >= 11 is 0. The van der Waals surface area contributed by atoms with E-state index in [1.54, 1.807) is 0 Å². The Morgan fingerprint density at radius 1 is 1.43 bits per heavy atom. The Morgan fingerprint density at radius 2 is 2.29 bits per heavy atom. The van der Waals surface area contributed by atoms with Crippen LogP contribution >= 0.6 is 0 Å². The Hall–Kier alpha value is -2.30. The summed E-state index contributed by atoms with van der Waals surface area (Å²) in [5, 5.41) is 8.79. The van der Waals surface area contributed by atoms with Gasteiger partial charge in [0.25, 0.3) is 5.56 Å². The average Bonchev–Trinajstić information content (AvgIpc) is 2.48. The van der Waals surface area contributed by atoms with E-state index in [-0.39, 0.29) is 11.5 Å². The third-order valence-electron chi connectivity index (χ3n) is 2.08. The number of aromatic amines is 2. The van der Waals surface area contributed by atoms with Crippen LogP contribution in [0.15, 0.2) is 4.79 Å². The largest absolute Gasteiger partial charge is 0.342 e. The van der Waals surface area contributed by atoms with Crippen LogP contribution in [0.25, 0.3) is 11.2 Å². The maximum atomic E-state index is 11.4. The molecule has 3 rings (SSSR count). The molecule has 0 saturated heterocycles. The van der Waals surface area contributed by atoms with E-state index in [1.165, 1.54) is 4.81 Å². The molecule has 2 aromatic heterocycles. The minimum Gasteiger partial charge on any atom is -0.342 e. The van der Waals surface area contributed by atoms with Gasteiger partial charge in [-0.3, -0.25) is 14.6 Å². The van der Waals surface area contributed by atoms with Crippen molar-refractivity contribution in [2.45, 2.75) is 0 Å². The summed E-state index contributed by atoms with van der Waals surface area (Å²) < 4.78 is 0. The molecule has 0 atom stereocenters. The van der Waals surface area contributed by atoms with Crippen LogP contribution in [-0.4, -0.2) is 27.4 Å². The highest BCUT2D eigenvalue weighted by Gasteiger charge is 2.21. The van der Waals surface area contributed by atoms with Crippen molar-refractivity contribution in [3.05, 3.63) is 10.4 Å². The third kappa shape index (κ3) is 0.732. The van der Waals surface area contributed by atoms with Gasteiger partial charge in [0.2, 0.25) is 5.95 Å². The van der Waals surface area contributed by atoms with Crippen molar-refractivity contribution in [2.75, 3.05) is 4.81 Å². The lowest BCUT2D eigenvalue weighted by Gasteiger charge is -2.10. The highest BCUT2D eigenvalue weighted by Crippen LogP contribution is 2.09. The van der Waals surface area contributed by atoms with Gasteiger partial charge < -0.3 is 4.98 Å². The second-order valence-corrected chi connectivity index (χ2v) is 2.96. The number of hydrogen-bond acceptors (Lipinski definition) is 5. The Balaban J connectivity index is 2.50. The van der Waals surface area contributed by atoms with Crippen LogP contribution in [0, 0.1) is 11.5 Å². The first-order valence-electron chi connectivity index (χ1n) is 3.94. The Kier molecular flexibility index (Phi) is 1.09. The molecule has 0 spiro atoms. The zero-order valence-electron chi connectivity index (χ0n) is 6.90. The minimum absolute atomic E-state index is 0.247. The van der Waals surface area contributed by atoms with Gasteiger partial charge in [0, 0.05) is 0 Å². The molecule has 2 aromatic rings. The molecule has 14 heavy (non-hydrogen) atoms. The third-order valence-corrected chi connectivity index (χ3v) is 2.08. The molecule has 3 bridgehead atoms. The summed E-state index contributed by atoms with van der Waals surface area (Å²) in [6, 6.07) is 0. The lowest BCUT2D eigenvalue weighted by molar-refractivity contribution is 1.11. The van der Waals surface area contributed by atoms with E-state index in [4.69, 9.17) is 5.26 Å². The Bertz CT molecular complexity index is 621. The average molecular weight is 186 g/mol. The van der Waals surface area contributed by atoms with E-state index < -0.39 is 0 Å².